The Bertz CT molecular complexity index is 1430. The van der Waals surface area contributed by atoms with Crippen LogP contribution in [-0.4, -0.2) is 68.5 Å². The highest BCUT2D eigenvalue weighted by atomic mass is 19.3. The zero-order chi connectivity index (χ0) is 24.9. The predicted octanol–water partition coefficient (Wildman–Crippen LogP) is 3.73. The third-order valence-electron chi connectivity index (χ3n) is 6.28. The van der Waals surface area contributed by atoms with Crippen LogP contribution in [-0.2, 0) is 11.3 Å². The second kappa shape index (κ2) is 8.75. The van der Waals surface area contributed by atoms with Gasteiger partial charge in [-0.25, -0.2) is 18.2 Å². The minimum absolute atomic E-state index is 0.0100. The minimum atomic E-state index is -2.60. The number of hydrogen-bond donors (Lipinski definition) is 2. The highest BCUT2D eigenvalue weighted by Gasteiger charge is 2.25. The van der Waals surface area contributed by atoms with Crippen molar-refractivity contribution in [2.24, 2.45) is 0 Å². The van der Waals surface area contributed by atoms with E-state index in [-0.39, 0.29) is 28.9 Å². The Hall–Kier alpha value is -3.83. The second-order valence-electron chi connectivity index (χ2n) is 8.62. The van der Waals surface area contributed by atoms with Crippen molar-refractivity contribution in [3.8, 4) is 17.0 Å². The first-order valence-corrected chi connectivity index (χ1v) is 11.1. The van der Waals surface area contributed by atoms with Crippen molar-refractivity contribution in [2.75, 3.05) is 26.0 Å². The number of nitrogens with zero attached hydrogens (tertiary/aromatic N) is 5. The molecule has 0 bridgehead atoms. The minimum Gasteiger partial charge on any atom is -0.480 e. The van der Waals surface area contributed by atoms with Gasteiger partial charge in [-0.15, -0.1) is 0 Å². The summed E-state index contributed by atoms with van der Waals surface area (Å²) in [7, 11) is 3.23. The van der Waals surface area contributed by atoms with Gasteiger partial charge < -0.3 is 24.5 Å². The average molecular weight is 487 g/mol. The van der Waals surface area contributed by atoms with Crippen LogP contribution < -0.4 is 10.1 Å². The Labute approximate surface area is 198 Å². The number of anilines is 1. The number of fused-ring (bicyclic) bond motifs is 2. The molecule has 184 valence electrons. The predicted molar refractivity (Wildman–Crippen MR) is 124 cm³/mol. The van der Waals surface area contributed by atoms with Gasteiger partial charge in [0.25, 0.3) is 6.43 Å². The first-order chi connectivity index (χ1) is 16.7. The molecule has 0 spiro atoms. The van der Waals surface area contributed by atoms with Crippen LogP contribution in [0.5, 0.6) is 5.88 Å². The van der Waals surface area contributed by atoms with Crippen LogP contribution in [0.15, 0.2) is 18.3 Å². The molecule has 0 saturated carbocycles. The Morgan fingerprint density at radius 2 is 2.09 bits per heavy atom. The molecule has 1 fully saturated rings. The topological polar surface area (TPSA) is 101 Å². The van der Waals surface area contributed by atoms with Crippen molar-refractivity contribution in [2.45, 2.75) is 38.8 Å². The molecule has 1 unspecified atom stereocenters. The largest absolute Gasteiger partial charge is 0.480 e. The summed E-state index contributed by atoms with van der Waals surface area (Å²) in [6.45, 7) is 1.52. The number of ether oxygens (including phenoxy) is 1. The summed E-state index contributed by atoms with van der Waals surface area (Å²) in [5.41, 5.74) is 1.80. The fraction of sp³-hybridized carbons (Fsp3) is 0.391. The number of aryl methyl sites for hydroxylation is 1. The Morgan fingerprint density at radius 3 is 2.80 bits per heavy atom. The lowest BCUT2D eigenvalue weighted by Crippen LogP contribution is -2.43. The molecule has 1 atom stereocenters. The van der Waals surface area contributed by atoms with Gasteiger partial charge in [0.15, 0.2) is 5.82 Å². The van der Waals surface area contributed by atoms with E-state index in [1.807, 2.05) is 0 Å². The molecule has 1 aromatic carbocycles. The molecule has 9 nitrogen and oxygen atoms in total. The number of H-pyrrole nitrogens is 1. The molecule has 35 heavy (non-hydrogen) atoms. The molecule has 1 aliphatic heterocycles. The van der Waals surface area contributed by atoms with Gasteiger partial charge in [-0.05, 0) is 31.0 Å². The third-order valence-corrected chi connectivity index (χ3v) is 6.28. The summed E-state index contributed by atoms with van der Waals surface area (Å²) in [5.74, 6) is 0.397. The van der Waals surface area contributed by atoms with Gasteiger partial charge >= 0.3 is 0 Å². The summed E-state index contributed by atoms with van der Waals surface area (Å²) in [5, 5.41) is 3.78. The van der Waals surface area contributed by atoms with Gasteiger partial charge in [0.2, 0.25) is 17.7 Å². The zero-order valence-electron chi connectivity index (χ0n) is 19.4. The number of benzene rings is 1. The number of methoxy groups -OCH3 is 1. The number of alkyl halides is 2. The first kappa shape index (κ1) is 22.9. The maximum atomic E-state index is 15.0. The molecule has 2 N–H and O–H groups in total. The number of nitrogens with one attached hydrogen (secondary N) is 2. The fourth-order valence-corrected chi connectivity index (χ4v) is 4.57. The zero-order valence-corrected chi connectivity index (χ0v) is 19.4. The summed E-state index contributed by atoms with van der Waals surface area (Å²) in [4.78, 5) is 29.6. The number of rotatable bonds is 6. The van der Waals surface area contributed by atoms with E-state index >= 15 is 0 Å². The lowest BCUT2D eigenvalue weighted by molar-refractivity contribution is -0.132. The number of imidazole rings is 1. The number of aromatic amines is 1. The number of likely N-dealkylation sites (N-methyl/N-ethyl adjacent to an activating group) is 1. The molecule has 4 aromatic rings. The van der Waals surface area contributed by atoms with Gasteiger partial charge in [0.05, 0.1) is 24.6 Å². The van der Waals surface area contributed by atoms with Crippen LogP contribution in [0.3, 0.4) is 0 Å². The van der Waals surface area contributed by atoms with E-state index in [0.717, 1.165) is 0 Å². The van der Waals surface area contributed by atoms with E-state index in [2.05, 4.69) is 25.3 Å². The number of piperidine rings is 1. The number of halogens is 3. The maximum Gasteiger partial charge on any atom is 0.256 e. The van der Waals surface area contributed by atoms with Crippen LogP contribution in [0, 0.1) is 12.7 Å². The lowest BCUT2D eigenvalue weighted by atomic mass is 10.0. The SMILES string of the molecule is COc1nc(NC2CCC(=O)N(C)C2)nc2[nH]cc(-c3cc(F)c4nc(C)n(CC(F)F)c4c3)c12. The molecule has 12 heteroatoms. The summed E-state index contributed by atoms with van der Waals surface area (Å²) < 4.78 is 48.1. The van der Waals surface area contributed by atoms with E-state index in [1.165, 1.54) is 17.7 Å². The summed E-state index contributed by atoms with van der Waals surface area (Å²) >= 11 is 0. The van der Waals surface area contributed by atoms with Crippen molar-refractivity contribution in [1.29, 1.82) is 0 Å². The Morgan fingerprint density at radius 1 is 1.29 bits per heavy atom. The molecular formula is C23H24F3N7O2. The standard InChI is InChI=1S/C23H24F3N7O2/c1-11-28-20-15(24)6-12(7-16(20)33(11)10-17(25)26)14-8-27-21-19(14)22(35-3)31-23(30-21)29-13-4-5-18(34)32(2)9-13/h6-8,13,17H,4-5,9-10H2,1-3H3,(H2,27,29,30,31). The van der Waals surface area contributed by atoms with E-state index in [1.54, 1.807) is 31.1 Å². The quantitative estimate of drug-likeness (QED) is 0.430. The molecule has 0 aliphatic carbocycles. The molecule has 1 saturated heterocycles. The average Bonchev–Trinajstić information content (AvgIpc) is 3.37. The van der Waals surface area contributed by atoms with Crippen molar-refractivity contribution < 1.29 is 22.7 Å². The van der Waals surface area contributed by atoms with Gasteiger partial charge in [-0.3, -0.25) is 4.79 Å². The number of likely N-dealkylation sites (tertiary alicyclic amines) is 1. The highest BCUT2D eigenvalue weighted by molar-refractivity contribution is 5.99. The number of hydrogen-bond acceptors (Lipinski definition) is 6. The number of carbonyl (C=O) groups excluding carboxylic acids is 1. The molecule has 1 aliphatic rings. The number of amides is 1. The first-order valence-electron chi connectivity index (χ1n) is 11.1. The molecule has 5 rings (SSSR count). The van der Waals surface area contributed by atoms with Gasteiger partial charge in [-0.1, -0.05) is 0 Å². The molecule has 1 amide bonds. The lowest BCUT2D eigenvalue weighted by Gasteiger charge is -2.30. The third kappa shape index (κ3) is 4.13. The normalized spacial score (nSPS) is 16.6. The fourth-order valence-electron chi connectivity index (χ4n) is 4.57. The van der Waals surface area contributed by atoms with Crippen LogP contribution in [0.2, 0.25) is 0 Å². The Balaban J connectivity index is 1.56. The van der Waals surface area contributed by atoms with Gasteiger partial charge in [0.1, 0.15) is 17.0 Å². The number of aromatic nitrogens is 5. The Kier molecular flexibility index (Phi) is 5.73. The molecule has 4 heterocycles. The van der Waals surface area contributed by atoms with E-state index < -0.39 is 18.8 Å². The summed E-state index contributed by atoms with van der Waals surface area (Å²) in [6.07, 6.45) is 0.149. The summed E-state index contributed by atoms with van der Waals surface area (Å²) in [6, 6.07) is 2.93. The maximum absolute atomic E-state index is 15.0. The van der Waals surface area contributed by atoms with Crippen LogP contribution in [0.1, 0.15) is 18.7 Å². The monoisotopic (exact) mass is 487 g/mol. The molecule has 3 aromatic heterocycles. The van der Waals surface area contributed by atoms with E-state index in [9.17, 15) is 18.0 Å². The molecular weight excluding hydrogens is 463 g/mol. The van der Waals surface area contributed by atoms with Gasteiger partial charge in [0, 0.05) is 37.8 Å². The van der Waals surface area contributed by atoms with Crippen molar-refractivity contribution in [1.82, 2.24) is 29.4 Å². The van der Waals surface area contributed by atoms with Crippen molar-refractivity contribution in [3.63, 3.8) is 0 Å². The highest BCUT2D eigenvalue weighted by Crippen LogP contribution is 2.36. The van der Waals surface area contributed by atoms with Crippen LogP contribution >= 0.6 is 0 Å². The second-order valence-corrected chi connectivity index (χ2v) is 8.62. The number of carbonyl (C=O) groups is 1. The molecule has 0 radical (unpaired) electrons. The van der Waals surface area contributed by atoms with Crippen LogP contribution in [0.25, 0.3) is 33.2 Å². The smallest absolute Gasteiger partial charge is 0.256 e. The van der Waals surface area contributed by atoms with Crippen molar-refractivity contribution >= 4 is 33.9 Å². The van der Waals surface area contributed by atoms with Crippen molar-refractivity contribution in [3.05, 3.63) is 30.0 Å². The van der Waals surface area contributed by atoms with E-state index in [0.29, 0.717) is 53.3 Å². The van der Waals surface area contributed by atoms with Crippen LogP contribution in [0.4, 0.5) is 19.1 Å². The van der Waals surface area contributed by atoms with Gasteiger partial charge in [-0.2, -0.15) is 9.97 Å². The van der Waals surface area contributed by atoms with E-state index in [4.69, 9.17) is 4.74 Å².